The van der Waals surface area contributed by atoms with Crippen LogP contribution in [0.3, 0.4) is 0 Å². The number of aromatic amines is 1. The van der Waals surface area contributed by atoms with Crippen LogP contribution in [0, 0.1) is 0 Å². The van der Waals surface area contributed by atoms with Crippen LogP contribution in [0.2, 0.25) is 0 Å². The van der Waals surface area contributed by atoms with Crippen molar-refractivity contribution >= 4 is 5.91 Å². The lowest BCUT2D eigenvalue weighted by atomic mass is 9.95. The fourth-order valence-electron chi connectivity index (χ4n) is 3.15. The third-order valence-electron chi connectivity index (χ3n) is 4.49. The molecule has 1 amide bonds. The number of carbonyl (C=O) groups is 1. The van der Waals surface area contributed by atoms with E-state index in [0.29, 0.717) is 12.2 Å². The molecule has 2 aromatic rings. The average Bonchev–Trinajstić information content (AvgIpc) is 2.63. The molecule has 6 nitrogen and oxygen atoms in total. The maximum atomic E-state index is 12.4. The van der Waals surface area contributed by atoms with E-state index in [1.54, 1.807) is 7.11 Å². The highest BCUT2D eigenvalue weighted by Gasteiger charge is 2.18. The average molecular weight is 341 g/mol. The highest BCUT2D eigenvalue weighted by atomic mass is 16.5. The lowest BCUT2D eigenvalue weighted by Crippen LogP contribution is -2.37. The van der Waals surface area contributed by atoms with Gasteiger partial charge in [0.1, 0.15) is 17.3 Å². The summed E-state index contributed by atoms with van der Waals surface area (Å²) in [6.07, 6.45) is 5.93. The van der Waals surface area contributed by atoms with Crippen molar-refractivity contribution in [3.8, 4) is 5.75 Å². The summed E-state index contributed by atoms with van der Waals surface area (Å²) < 4.78 is 5.13. The van der Waals surface area contributed by atoms with Gasteiger partial charge in [0.05, 0.1) is 7.11 Å². The lowest BCUT2D eigenvalue weighted by molar-refractivity contribution is 0.0922. The summed E-state index contributed by atoms with van der Waals surface area (Å²) in [6.45, 7) is 0. The van der Waals surface area contributed by atoms with Gasteiger partial charge in [-0.05, 0) is 30.5 Å². The summed E-state index contributed by atoms with van der Waals surface area (Å²) in [7, 11) is 1.61. The molecular formula is C19H23N3O3. The first-order chi connectivity index (χ1) is 12.1. The molecule has 1 fully saturated rings. The van der Waals surface area contributed by atoms with Crippen LogP contribution < -0.4 is 15.6 Å². The molecule has 1 aromatic carbocycles. The number of nitrogens with one attached hydrogen (secondary N) is 2. The van der Waals surface area contributed by atoms with Gasteiger partial charge in [0.25, 0.3) is 11.5 Å². The molecule has 1 aromatic heterocycles. The zero-order valence-corrected chi connectivity index (χ0v) is 14.4. The third-order valence-corrected chi connectivity index (χ3v) is 4.49. The minimum absolute atomic E-state index is 0.179. The molecule has 0 atom stereocenters. The van der Waals surface area contributed by atoms with E-state index in [4.69, 9.17) is 4.74 Å². The van der Waals surface area contributed by atoms with Crippen molar-refractivity contribution in [2.24, 2.45) is 0 Å². The van der Waals surface area contributed by atoms with Crippen molar-refractivity contribution in [3.05, 3.63) is 57.8 Å². The second-order valence-corrected chi connectivity index (χ2v) is 6.41. The maximum Gasteiger partial charge on any atom is 0.270 e. The molecule has 6 heteroatoms. The zero-order valence-electron chi connectivity index (χ0n) is 14.4. The Morgan fingerprint density at radius 1 is 1.24 bits per heavy atom. The molecule has 0 saturated heterocycles. The molecule has 0 bridgehead atoms. The quantitative estimate of drug-likeness (QED) is 0.875. The van der Waals surface area contributed by atoms with E-state index >= 15 is 0 Å². The maximum absolute atomic E-state index is 12.4. The molecule has 25 heavy (non-hydrogen) atoms. The molecule has 1 saturated carbocycles. The lowest BCUT2D eigenvalue weighted by Gasteiger charge is -2.22. The van der Waals surface area contributed by atoms with E-state index in [0.717, 1.165) is 37.0 Å². The van der Waals surface area contributed by atoms with Crippen molar-refractivity contribution in [2.75, 3.05) is 7.11 Å². The van der Waals surface area contributed by atoms with E-state index < -0.39 is 0 Å². The Morgan fingerprint density at radius 3 is 2.64 bits per heavy atom. The standard InChI is InChI=1S/C19H23N3O3/c1-25-15-9-7-13(8-10-15)11-17-21-16(12-18(23)22-17)19(24)20-14-5-3-2-4-6-14/h7-10,12,14H,2-6,11H2,1H3,(H,20,24)(H,21,22,23). The normalized spacial score (nSPS) is 14.9. The number of carbonyl (C=O) groups excluding carboxylic acids is 1. The highest BCUT2D eigenvalue weighted by molar-refractivity contribution is 5.92. The minimum atomic E-state index is -0.313. The van der Waals surface area contributed by atoms with E-state index in [1.165, 1.54) is 12.5 Å². The van der Waals surface area contributed by atoms with E-state index in [1.807, 2.05) is 24.3 Å². The summed E-state index contributed by atoms with van der Waals surface area (Å²) >= 11 is 0. The predicted octanol–water partition coefficient (Wildman–Crippen LogP) is 2.43. The number of benzene rings is 1. The van der Waals surface area contributed by atoms with Gasteiger partial charge in [-0.3, -0.25) is 9.59 Å². The monoisotopic (exact) mass is 341 g/mol. The van der Waals surface area contributed by atoms with Crippen LogP contribution in [0.1, 0.15) is 54.0 Å². The van der Waals surface area contributed by atoms with Crippen LogP contribution in [0.25, 0.3) is 0 Å². The van der Waals surface area contributed by atoms with Gasteiger partial charge in [0.15, 0.2) is 0 Å². The van der Waals surface area contributed by atoms with Gasteiger partial charge in [0, 0.05) is 18.5 Å². The number of nitrogens with zero attached hydrogens (tertiary/aromatic N) is 1. The summed E-state index contributed by atoms with van der Waals surface area (Å²) in [5.74, 6) is 0.978. The Kier molecular flexibility index (Phi) is 5.48. The molecule has 0 spiro atoms. The SMILES string of the molecule is COc1ccc(Cc2nc(C(=O)NC3CCCCC3)cc(=O)[nH]2)cc1. The number of methoxy groups -OCH3 is 1. The van der Waals surface area contributed by atoms with Crippen molar-refractivity contribution in [1.82, 2.24) is 15.3 Å². The number of ether oxygens (including phenoxy) is 1. The van der Waals surface area contributed by atoms with Gasteiger partial charge >= 0.3 is 0 Å². The van der Waals surface area contributed by atoms with Gasteiger partial charge in [-0.15, -0.1) is 0 Å². The molecule has 0 unspecified atom stereocenters. The molecule has 132 valence electrons. The second kappa shape index (κ2) is 7.96. The Hall–Kier alpha value is -2.63. The van der Waals surface area contributed by atoms with E-state index in [-0.39, 0.29) is 23.2 Å². The molecule has 1 aliphatic carbocycles. The first-order valence-electron chi connectivity index (χ1n) is 8.68. The fourth-order valence-corrected chi connectivity index (χ4v) is 3.15. The van der Waals surface area contributed by atoms with Crippen molar-refractivity contribution < 1.29 is 9.53 Å². The van der Waals surface area contributed by atoms with Gasteiger partial charge in [-0.25, -0.2) is 4.98 Å². The van der Waals surface area contributed by atoms with Crippen LogP contribution in [0.5, 0.6) is 5.75 Å². The number of amides is 1. The van der Waals surface area contributed by atoms with Gasteiger partial charge in [-0.1, -0.05) is 31.4 Å². The summed E-state index contributed by atoms with van der Waals surface area (Å²) in [5.41, 5.74) is 0.846. The molecular weight excluding hydrogens is 318 g/mol. The van der Waals surface area contributed by atoms with E-state index in [2.05, 4.69) is 15.3 Å². The summed E-state index contributed by atoms with van der Waals surface area (Å²) in [4.78, 5) is 31.4. The molecule has 0 radical (unpaired) electrons. The number of H-pyrrole nitrogens is 1. The van der Waals surface area contributed by atoms with Crippen molar-refractivity contribution in [3.63, 3.8) is 0 Å². The van der Waals surface area contributed by atoms with Crippen LogP contribution in [0.4, 0.5) is 0 Å². The van der Waals surface area contributed by atoms with Crippen molar-refractivity contribution in [2.45, 2.75) is 44.6 Å². The molecule has 0 aliphatic heterocycles. The second-order valence-electron chi connectivity index (χ2n) is 6.41. The number of aromatic nitrogens is 2. The molecule has 1 aliphatic rings. The minimum Gasteiger partial charge on any atom is -0.497 e. The molecule has 1 heterocycles. The number of rotatable bonds is 5. The molecule has 3 rings (SSSR count). The Morgan fingerprint density at radius 2 is 1.96 bits per heavy atom. The zero-order chi connectivity index (χ0) is 17.6. The van der Waals surface area contributed by atoms with Crippen LogP contribution >= 0.6 is 0 Å². The van der Waals surface area contributed by atoms with Crippen LogP contribution in [-0.4, -0.2) is 29.0 Å². The smallest absolute Gasteiger partial charge is 0.270 e. The summed E-state index contributed by atoms with van der Waals surface area (Å²) in [6, 6.07) is 8.98. The van der Waals surface area contributed by atoms with Crippen LogP contribution in [-0.2, 0) is 6.42 Å². The van der Waals surface area contributed by atoms with Gasteiger partial charge in [-0.2, -0.15) is 0 Å². The van der Waals surface area contributed by atoms with Gasteiger partial charge < -0.3 is 15.0 Å². The Balaban J connectivity index is 1.72. The number of hydrogen-bond acceptors (Lipinski definition) is 4. The summed E-state index contributed by atoms with van der Waals surface area (Å²) in [5, 5.41) is 3.00. The Bertz CT molecular complexity index is 777. The Labute approximate surface area is 146 Å². The van der Waals surface area contributed by atoms with Gasteiger partial charge in [0.2, 0.25) is 0 Å². The molecule has 2 N–H and O–H groups in total. The first kappa shape index (κ1) is 17.2. The van der Waals surface area contributed by atoms with Crippen LogP contribution in [0.15, 0.2) is 35.1 Å². The highest BCUT2D eigenvalue weighted by Crippen LogP contribution is 2.17. The number of hydrogen-bond donors (Lipinski definition) is 2. The first-order valence-corrected chi connectivity index (χ1v) is 8.68. The predicted molar refractivity (Wildman–Crippen MR) is 95.0 cm³/mol. The fraction of sp³-hybridized carbons (Fsp3) is 0.421. The van der Waals surface area contributed by atoms with Crippen molar-refractivity contribution in [1.29, 1.82) is 0 Å². The topological polar surface area (TPSA) is 84.1 Å². The van der Waals surface area contributed by atoms with E-state index in [9.17, 15) is 9.59 Å². The third kappa shape index (κ3) is 4.68. The largest absolute Gasteiger partial charge is 0.497 e.